The molecule has 6 heteroatoms. The molecule has 0 amide bonds. The normalized spacial score (nSPS) is 11.2. The van der Waals surface area contributed by atoms with Crippen LogP contribution in [-0.4, -0.2) is 24.1 Å². The molecule has 0 aliphatic rings. The second-order valence-corrected chi connectivity index (χ2v) is 5.49. The Kier molecular flexibility index (Phi) is 2.94. The van der Waals surface area contributed by atoms with Gasteiger partial charge < -0.3 is 0 Å². The molecule has 0 atom stereocenters. The van der Waals surface area contributed by atoms with Crippen LogP contribution in [0.3, 0.4) is 0 Å². The highest BCUT2D eigenvalue weighted by atomic mass is 35.5. The second-order valence-electron chi connectivity index (χ2n) is 5.06. The minimum absolute atomic E-state index is 0.692. The van der Waals surface area contributed by atoms with Crippen molar-refractivity contribution >= 4 is 17.2 Å². The van der Waals surface area contributed by atoms with Crippen LogP contribution in [0.15, 0.2) is 55.2 Å². The molecule has 0 spiro atoms. The van der Waals surface area contributed by atoms with E-state index in [1.165, 1.54) is 0 Å². The first kappa shape index (κ1) is 13.0. The molecule has 4 aromatic rings. The zero-order valence-corrected chi connectivity index (χ0v) is 12.6. The lowest BCUT2D eigenvalue weighted by molar-refractivity contribution is 0.768. The molecule has 108 valence electrons. The average molecular weight is 310 g/mol. The first-order chi connectivity index (χ1) is 10.7. The van der Waals surface area contributed by atoms with Crippen molar-refractivity contribution in [2.75, 3.05) is 0 Å². The first-order valence-corrected chi connectivity index (χ1v) is 7.16. The van der Waals surface area contributed by atoms with Crippen LogP contribution >= 0.6 is 11.6 Å². The molecule has 0 bridgehead atoms. The molecular formula is C16H12ClN5. The number of fused-ring (bicyclic) bond motifs is 1. The molecule has 0 saturated carbocycles. The monoisotopic (exact) mass is 309 g/mol. The number of benzene rings is 1. The van der Waals surface area contributed by atoms with Crippen molar-refractivity contribution < 1.29 is 0 Å². The summed E-state index contributed by atoms with van der Waals surface area (Å²) in [5.41, 5.74) is 4.61. The average Bonchev–Trinajstić information content (AvgIpc) is 3.12. The van der Waals surface area contributed by atoms with E-state index in [0.29, 0.717) is 5.02 Å². The van der Waals surface area contributed by atoms with E-state index in [1.54, 1.807) is 10.9 Å². The van der Waals surface area contributed by atoms with Gasteiger partial charge in [-0.25, -0.2) is 4.98 Å². The second kappa shape index (κ2) is 4.96. The summed E-state index contributed by atoms with van der Waals surface area (Å²) in [5, 5.41) is 4.91. The largest absolute Gasteiger partial charge is 0.296 e. The van der Waals surface area contributed by atoms with E-state index in [2.05, 4.69) is 15.1 Å². The summed E-state index contributed by atoms with van der Waals surface area (Å²) in [5.74, 6) is 0. The van der Waals surface area contributed by atoms with E-state index in [9.17, 15) is 0 Å². The summed E-state index contributed by atoms with van der Waals surface area (Å²) >= 11 is 6.06. The van der Waals surface area contributed by atoms with Crippen LogP contribution in [0.25, 0.3) is 28.2 Å². The van der Waals surface area contributed by atoms with Gasteiger partial charge in [-0.1, -0.05) is 23.7 Å². The molecule has 0 aliphatic carbocycles. The number of aromatic nitrogens is 5. The van der Waals surface area contributed by atoms with Crippen LogP contribution in [0.4, 0.5) is 0 Å². The van der Waals surface area contributed by atoms with Crippen LogP contribution in [0.2, 0.25) is 5.02 Å². The molecule has 3 heterocycles. The summed E-state index contributed by atoms with van der Waals surface area (Å²) in [4.78, 5) is 8.86. The molecule has 5 nitrogen and oxygen atoms in total. The first-order valence-electron chi connectivity index (χ1n) is 6.79. The number of hydrogen-bond donors (Lipinski definition) is 0. The molecule has 3 aromatic heterocycles. The van der Waals surface area contributed by atoms with Crippen molar-refractivity contribution in [2.24, 2.45) is 7.05 Å². The van der Waals surface area contributed by atoms with Crippen LogP contribution in [0, 0.1) is 0 Å². The Morgan fingerprint density at radius 2 is 1.91 bits per heavy atom. The van der Waals surface area contributed by atoms with Crippen molar-refractivity contribution in [2.45, 2.75) is 0 Å². The highest BCUT2D eigenvalue weighted by Gasteiger charge is 2.10. The third-order valence-corrected chi connectivity index (χ3v) is 3.75. The minimum atomic E-state index is 0.692. The van der Waals surface area contributed by atoms with Gasteiger partial charge in [-0.3, -0.25) is 14.1 Å². The summed E-state index contributed by atoms with van der Waals surface area (Å²) < 4.78 is 3.79. The van der Waals surface area contributed by atoms with Gasteiger partial charge in [-0.05, 0) is 12.1 Å². The number of halogens is 1. The van der Waals surface area contributed by atoms with Gasteiger partial charge in [0.15, 0.2) is 5.65 Å². The Hall–Kier alpha value is -2.66. The van der Waals surface area contributed by atoms with Crippen LogP contribution in [0.5, 0.6) is 0 Å². The topological polar surface area (TPSA) is 48.0 Å². The van der Waals surface area contributed by atoms with E-state index in [4.69, 9.17) is 11.6 Å². The molecule has 0 saturated heterocycles. The van der Waals surface area contributed by atoms with Gasteiger partial charge >= 0.3 is 0 Å². The van der Waals surface area contributed by atoms with Crippen molar-refractivity contribution in [1.82, 2.24) is 24.1 Å². The van der Waals surface area contributed by atoms with E-state index in [-0.39, 0.29) is 0 Å². The van der Waals surface area contributed by atoms with Gasteiger partial charge in [0.2, 0.25) is 0 Å². The molecule has 1 aromatic carbocycles. The van der Waals surface area contributed by atoms with Crippen LogP contribution < -0.4 is 0 Å². The molecule has 0 unspecified atom stereocenters. The Bertz CT molecular complexity index is 970. The standard InChI is InChI=1S/C16H12ClN5/c1-21-9-12(6-20-21)15-7-19-16-8-18-14(10-22(15)16)11-3-2-4-13(17)5-11/h2-10H,1H3. The van der Waals surface area contributed by atoms with Crippen molar-refractivity contribution in [1.29, 1.82) is 0 Å². The predicted octanol–water partition coefficient (Wildman–Crippen LogP) is 3.45. The molecule has 0 radical (unpaired) electrons. The third kappa shape index (κ3) is 2.16. The van der Waals surface area contributed by atoms with Gasteiger partial charge in [0.1, 0.15) is 0 Å². The maximum Gasteiger partial charge on any atom is 0.155 e. The fourth-order valence-electron chi connectivity index (χ4n) is 2.45. The van der Waals surface area contributed by atoms with Crippen molar-refractivity contribution in [3.63, 3.8) is 0 Å². The van der Waals surface area contributed by atoms with Gasteiger partial charge in [0, 0.05) is 35.6 Å². The van der Waals surface area contributed by atoms with Crippen molar-refractivity contribution in [3.05, 3.63) is 60.3 Å². The lowest BCUT2D eigenvalue weighted by atomic mass is 10.1. The molecule has 22 heavy (non-hydrogen) atoms. The Morgan fingerprint density at radius 3 is 2.68 bits per heavy atom. The maximum absolute atomic E-state index is 6.06. The minimum Gasteiger partial charge on any atom is -0.296 e. The number of imidazole rings is 1. The summed E-state index contributed by atoms with van der Waals surface area (Å²) in [6, 6.07) is 7.65. The lowest BCUT2D eigenvalue weighted by Crippen LogP contribution is -1.92. The Balaban J connectivity index is 1.89. The fourth-order valence-corrected chi connectivity index (χ4v) is 2.64. The quantitative estimate of drug-likeness (QED) is 0.570. The summed E-state index contributed by atoms with van der Waals surface area (Å²) in [7, 11) is 1.89. The summed E-state index contributed by atoms with van der Waals surface area (Å²) in [6.07, 6.45) is 9.34. The van der Waals surface area contributed by atoms with Gasteiger partial charge in [-0.2, -0.15) is 5.10 Å². The van der Waals surface area contributed by atoms with Gasteiger partial charge in [-0.15, -0.1) is 0 Å². The number of hydrogen-bond acceptors (Lipinski definition) is 3. The van der Waals surface area contributed by atoms with E-state index < -0.39 is 0 Å². The third-order valence-electron chi connectivity index (χ3n) is 3.52. The lowest BCUT2D eigenvalue weighted by Gasteiger charge is -2.04. The van der Waals surface area contributed by atoms with E-state index >= 15 is 0 Å². The number of rotatable bonds is 2. The van der Waals surface area contributed by atoms with E-state index in [1.807, 2.05) is 60.5 Å². The zero-order valence-electron chi connectivity index (χ0n) is 11.8. The van der Waals surface area contributed by atoms with Crippen LogP contribution in [-0.2, 0) is 7.05 Å². The molecular weight excluding hydrogens is 298 g/mol. The molecule has 0 aliphatic heterocycles. The SMILES string of the molecule is Cn1cc(-c2cnc3cnc(-c4cccc(Cl)c4)cn23)cn1. The van der Waals surface area contributed by atoms with Crippen LogP contribution in [0.1, 0.15) is 0 Å². The van der Waals surface area contributed by atoms with Gasteiger partial charge in [0.25, 0.3) is 0 Å². The maximum atomic E-state index is 6.06. The van der Waals surface area contributed by atoms with E-state index in [0.717, 1.165) is 28.2 Å². The highest BCUT2D eigenvalue weighted by Crippen LogP contribution is 2.24. The fraction of sp³-hybridized carbons (Fsp3) is 0.0625. The Labute approximate surface area is 131 Å². The predicted molar refractivity (Wildman–Crippen MR) is 85.6 cm³/mol. The van der Waals surface area contributed by atoms with Gasteiger partial charge in [0.05, 0.1) is 30.0 Å². The van der Waals surface area contributed by atoms with Crippen molar-refractivity contribution in [3.8, 4) is 22.5 Å². The number of aryl methyl sites for hydroxylation is 1. The molecule has 0 fully saturated rings. The molecule has 4 rings (SSSR count). The Morgan fingerprint density at radius 1 is 1.00 bits per heavy atom. The highest BCUT2D eigenvalue weighted by molar-refractivity contribution is 6.30. The summed E-state index contributed by atoms with van der Waals surface area (Å²) in [6.45, 7) is 0. The smallest absolute Gasteiger partial charge is 0.155 e. The molecule has 0 N–H and O–H groups in total. The zero-order chi connectivity index (χ0) is 15.1. The number of nitrogens with zero attached hydrogens (tertiary/aromatic N) is 5.